The molecule has 0 radical (unpaired) electrons. The van der Waals surface area contributed by atoms with Crippen LogP contribution < -0.4 is 10.6 Å². The lowest BCUT2D eigenvalue weighted by Crippen LogP contribution is -2.13. The van der Waals surface area contributed by atoms with E-state index in [0.717, 1.165) is 25.3 Å². The van der Waals surface area contributed by atoms with Crippen molar-refractivity contribution in [3.05, 3.63) is 108 Å². The highest BCUT2D eigenvalue weighted by molar-refractivity contribution is 5.93. The normalized spacial score (nSPS) is 10.8. The first-order valence-corrected chi connectivity index (χ1v) is 9.28. The Bertz CT molecular complexity index is 989. The minimum Gasteiger partial charge on any atom is -0.380 e. The van der Waals surface area contributed by atoms with Gasteiger partial charge in [-0.25, -0.2) is 0 Å². The van der Waals surface area contributed by atoms with Gasteiger partial charge in [0.1, 0.15) is 0 Å². The predicted molar refractivity (Wildman–Crippen MR) is 112 cm³/mol. The van der Waals surface area contributed by atoms with Gasteiger partial charge < -0.3 is 10.6 Å². The van der Waals surface area contributed by atoms with Crippen LogP contribution >= 0.6 is 0 Å². The van der Waals surface area contributed by atoms with Crippen LogP contribution in [0.25, 0.3) is 10.8 Å². The molecular weight excluding hydrogens is 330 g/mol. The lowest BCUT2D eigenvalue weighted by Gasteiger charge is -2.11. The van der Waals surface area contributed by atoms with E-state index in [0.29, 0.717) is 0 Å². The van der Waals surface area contributed by atoms with Crippen molar-refractivity contribution in [2.45, 2.75) is 19.6 Å². The van der Waals surface area contributed by atoms with Crippen molar-refractivity contribution in [3.8, 4) is 0 Å². The molecule has 4 aromatic rings. The molecule has 0 fully saturated rings. The summed E-state index contributed by atoms with van der Waals surface area (Å²) in [6, 6.07) is 29.6. The van der Waals surface area contributed by atoms with Crippen molar-refractivity contribution in [1.29, 1.82) is 0 Å². The molecule has 0 aliphatic carbocycles. The van der Waals surface area contributed by atoms with Crippen molar-refractivity contribution < 1.29 is 0 Å². The Morgan fingerprint density at radius 1 is 0.630 bits per heavy atom. The quantitative estimate of drug-likeness (QED) is 0.483. The first-order valence-electron chi connectivity index (χ1n) is 9.28. The third-order valence-corrected chi connectivity index (χ3v) is 4.66. The highest BCUT2D eigenvalue weighted by Gasteiger charge is 2.01. The number of rotatable bonds is 7. The Kier molecular flexibility index (Phi) is 5.42. The average molecular weight is 353 g/mol. The van der Waals surface area contributed by atoms with E-state index in [1.165, 1.54) is 27.6 Å². The van der Waals surface area contributed by atoms with Gasteiger partial charge >= 0.3 is 0 Å². The monoisotopic (exact) mass is 353 g/mol. The zero-order valence-corrected chi connectivity index (χ0v) is 15.2. The van der Waals surface area contributed by atoms with Gasteiger partial charge in [0, 0.05) is 36.9 Å². The molecule has 3 aromatic carbocycles. The van der Waals surface area contributed by atoms with Crippen molar-refractivity contribution in [3.63, 3.8) is 0 Å². The summed E-state index contributed by atoms with van der Waals surface area (Å²) in [6.45, 7) is 2.44. The molecule has 0 aliphatic heterocycles. The lowest BCUT2D eigenvalue weighted by molar-refractivity contribution is 0.679. The number of anilines is 1. The Balaban J connectivity index is 1.32. The molecule has 0 atom stereocenters. The molecule has 2 N–H and O–H groups in total. The third-order valence-electron chi connectivity index (χ3n) is 4.66. The van der Waals surface area contributed by atoms with E-state index in [2.05, 4.69) is 82.3 Å². The Hall–Kier alpha value is -3.17. The van der Waals surface area contributed by atoms with Gasteiger partial charge in [0.25, 0.3) is 0 Å². The van der Waals surface area contributed by atoms with Crippen LogP contribution in [0, 0.1) is 0 Å². The molecule has 0 spiro atoms. The number of nitrogens with zero attached hydrogens (tertiary/aromatic N) is 1. The van der Waals surface area contributed by atoms with E-state index in [1.54, 1.807) is 0 Å². The van der Waals surface area contributed by atoms with E-state index in [4.69, 9.17) is 0 Å². The Morgan fingerprint density at radius 2 is 1.37 bits per heavy atom. The van der Waals surface area contributed by atoms with Gasteiger partial charge in [0.15, 0.2) is 0 Å². The van der Waals surface area contributed by atoms with Crippen molar-refractivity contribution in [2.75, 3.05) is 5.32 Å². The largest absolute Gasteiger partial charge is 0.380 e. The molecule has 1 aromatic heterocycles. The fraction of sp³-hybridized carbons (Fsp3) is 0.125. The second-order valence-electron chi connectivity index (χ2n) is 6.62. The molecule has 0 aliphatic rings. The lowest BCUT2D eigenvalue weighted by atomic mass is 10.1. The van der Waals surface area contributed by atoms with Crippen LogP contribution in [0.5, 0.6) is 0 Å². The minimum atomic E-state index is 0.783. The molecule has 0 amide bonds. The summed E-state index contributed by atoms with van der Waals surface area (Å²) in [6.07, 6.45) is 1.83. The van der Waals surface area contributed by atoms with Crippen LogP contribution in [0.1, 0.15) is 16.8 Å². The fourth-order valence-corrected chi connectivity index (χ4v) is 3.19. The molecule has 0 saturated heterocycles. The van der Waals surface area contributed by atoms with Gasteiger partial charge in [-0.1, -0.05) is 66.7 Å². The van der Waals surface area contributed by atoms with Crippen LogP contribution in [0.15, 0.2) is 91.1 Å². The van der Waals surface area contributed by atoms with Crippen molar-refractivity contribution in [1.82, 2.24) is 10.3 Å². The minimum absolute atomic E-state index is 0.783. The van der Waals surface area contributed by atoms with E-state index >= 15 is 0 Å². The first kappa shape index (κ1) is 17.3. The molecule has 3 nitrogen and oxygen atoms in total. The Labute approximate surface area is 160 Å². The predicted octanol–water partition coefficient (Wildman–Crippen LogP) is 5.14. The van der Waals surface area contributed by atoms with E-state index < -0.39 is 0 Å². The number of pyridine rings is 1. The molecular formula is C24H23N3. The second kappa shape index (κ2) is 8.47. The van der Waals surface area contributed by atoms with E-state index in [1.807, 2.05) is 24.4 Å². The van der Waals surface area contributed by atoms with Crippen molar-refractivity contribution in [2.24, 2.45) is 0 Å². The standard InChI is InChI=1S/C24H23N3/c1-2-9-23-21(6-1)7-5-10-24(23)27-17-20-13-11-19(12-14-20)16-25-18-22-8-3-4-15-26-22/h1-15,25,27H,16-18H2. The average Bonchev–Trinajstić information content (AvgIpc) is 2.74. The molecule has 1 heterocycles. The topological polar surface area (TPSA) is 37.0 Å². The molecule has 0 saturated carbocycles. The summed E-state index contributed by atoms with van der Waals surface area (Å²) in [5.41, 5.74) is 4.79. The SMILES string of the molecule is c1ccc(CNCc2ccc(CNc3cccc4ccccc34)cc2)nc1. The zero-order chi connectivity index (χ0) is 18.3. The summed E-state index contributed by atoms with van der Waals surface area (Å²) in [5.74, 6) is 0. The molecule has 0 unspecified atom stereocenters. The fourth-order valence-electron chi connectivity index (χ4n) is 3.19. The molecule has 3 heteroatoms. The number of benzene rings is 3. The summed E-state index contributed by atoms with van der Waals surface area (Å²) in [7, 11) is 0. The smallest absolute Gasteiger partial charge is 0.0541 e. The highest BCUT2D eigenvalue weighted by Crippen LogP contribution is 2.23. The van der Waals surface area contributed by atoms with Crippen molar-refractivity contribution >= 4 is 16.5 Å². The van der Waals surface area contributed by atoms with Gasteiger partial charge in [-0.05, 0) is 34.7 Å². The summed E-state index contributed by atoms with van der Waals surface area (Å²) in [4.78, 5) is 4.33. The summed E-state index contributed by atoms with van der Waals surface area (Å²) in [5, 5.41) is 9.52. The van der Waals surface area contributed by atoms with Crippen LogP contribution in [-0.4, -0.2) is 4.98 Å². The molecule has 27 heavy (non-hydrogen) atoms. The maximum absolute atomic E-state index is 4.33. The van der Waals surface area contributed by atoms with Crippen LogP contribution in [0.2, 0.25) is 0 Å². The van der Waals surface area contributed by atoms with E-state index in [9.17, 15) is 0 Å². The summed E-state index contributed by atoms with van der Waals surface area (Å²) >= 11 is 0. The first-order chi connectivity index (χ1) is 13.4. The molecule has 134 valence electrons. The van der Waals surface area contributed by atoms with Crippen LogP contribution in [0.3, 0.4) is 0 Å². The number of hydrogen-bond acceptors (Lipinski definition) is 3. The van der Waals surface area contributed by atoms with E-state index in [-0.39, 0.29) is 0 Å². The maximum Gasteiger partial charge on any atom is 0.0541 e. The molecule has 4 rings (SSSR count). The van der Waals surface area contributed by atoms with Crippen LogP contribution in [-0.2, 0) is 19.6 Å². The number of nitrogens with one attached hydrogen (secondary N) is 2. The molecule has 0 bridgehead atoms. The zero-order valence-electron chi connectivity index (χ0n) is 15.2. The van der Waals surface area contributed by atoms with Crippen LogP contribution in [0.4, 0.5) is 5.69 Å². The number of fused-ring (bicyclic) bond motifs is 1. The van der Waals surface area contributed by atoms with Gasteiger partial charge in [-0.3, -0.25) is 4.98 Å². The van der Waals surface area contributed by atoms with Gasteiger partial charge in [0.05, 0.1) is 5.69 Å². The van der Waals surface area contributed by atoms with Gasteiger partial charge in [-0.2, -0.15) is 0 Å². The number of hydrogen-bond donors (Lipinski definition) is 2. The third kappa shape index (κ3) is 4.52. The Morgan fingerprint density at radius 3 is 2.19 bits per heavy atom. The maximum atomic E-state index is 4.33. The highest BCUT2D eigenvalue weighted by atomic mass is 14.9. The second-order valence-corrected chi connectivity index (χ2v) is 6.62. The number of aromatic nitrogens is 1. The van der Waals surface area contributed by atoms with Gasteiger partial charge in [-0.15, -0.1) is 0 Å². The summed E-state index contributed by atoms with van der Waals surface area (Å²) < 4.78 is 0. The van der Waals surface area contributed by atoms with Gasteiger partial charge in [0.2, 0.25) is 0 Å².